The van der Waals surface area contributed by atoms with Crippen LogP contribution < -0.4 is 10.1 Å². The summed E-state index contributed by atoms with van der Waals surface area (Å²) in [5.74, 6) is 0.249. The maximum absolute atomic E-state index is 10.9. The lowest BCUT2D eigenvalue weighted by atomic mass is 10.1. The number of aryl methyl sites for hydroxylation is 1. The highest BCUT2D eigenvalue weighted by atomic mass is 16.6. The van der Waals surface area contributed by atoms with Crippen LogP contribution in [0.1, 0.15) is 33.4 Å². The van der Waals surface area contributed by atoms with Crippen LogP contribution in [0, 0.1) is 23.0 Å². The molecule has 0 fully saturated rings. The second-order valence-electron chi connectivity index (χ2n) is 6.08. The fourth-order valence-electron chi connectivity index (χ4n) is 1.55. The SMILES string of the molecule is Cc1ccc(OCC(C)CNC(C)(C)C)c([N+](=O)[O-])n1. The Morgan fingerprint density at radius 1 is 1.45 bits per heavy atom. The number of ether oxygens (including phenoxy) is 1. The molecule has 0 aromatic carbocycles. The standard InChI is InChI=1S/C14H23N3O3/c1-10(8-15-14(3,4)5)9-20-12-7-6-11(2)16-13(12)17(18)19/h6-7,10,15H,8-9H2,1-5H3. The van der Waals surface area contributed by atoms with Gasteiger partial charge in [0.2, 0.25) is 5.75 Å². The van der Waals surface area contributed by atoms with E-state index in [2.05, 4.69) is 31.1 Å². The number of nitro groups is 1. The highest BCUT2D eigenvalue weighted by Gasteiger charge is 2.18. The van der Waals surface area contributed by atoms with E-state index in [4.69, 9.17) is 4.74 Å². The first-order valence-corrected chi connectivity index (χ1v) is 6.69. The van der Waals surface area contributed by atoms with Crippen LogP contribution in [0.25, 0.3) is 0 Å². The molecule has 6 heteroatoms. The summed E-state index contributed by atoms with van der Waals surface area (Å²) in [6.45, 7) is 11.2. The molecule has 1 atom stereocenters. The van der Waals surface area contributed by atoms with Crippen LogP contribution in [-0.2, 0) is 0 Å². The minimum Gasteiger partial charge on any atom is -0.485 e. The normalized spacial score (nSPS) is 13.1. The van der Waals surface area contributed by atoms with Gasteiger partial charge in [0, 0.05) is 24.9 Å². The van der Waals surface area contributed by atoms with Crippen molar-refractivity contribution in [2.75, 3.05) is 13.2 Å². The van der Waals surface area contributed by atoms with Gasteiger partial charge in [-0.25, -0.2) is 0 Å². The second kappa shape index (κ2) is 6.65. The third-order valence-electron chi connectivity index (χ3n) is 2.66. The van der Waals surface area contributed by atoms with Crippen molar-refractivity contribution in [3.8, 4) is 5.75 Å². The second-order valence-corrected chi connectivity index (χ2v) is 6.08. The van der Waals surface area contributed by atoms with Crippen molar-refractivity contribution in [3.05, 3.63) is 27.9 Å². The number of nitrogens with zero attached hydrogens (tertiary/aromatic N) is 2. The zero-order valence-corrected chi connectivity index (χ0v) is 12.8. The van der Waals surface area contributed by atoms with Gasteiger partial charge in [-0.2, -0.15) is 0 Å². The molecule has 0 saturated heterocycles. The summed E-state index contributed by atoms with van der Waals surface area (Å²) in [5, 5.41) is 14.3. The molecule has 0 saturated carbocycles. The molecule has 0 radical (unpaired) electrons. The van der Waals surface area contributed by atoms with Gasteiger partial charge in [-0.15, -0.1) is 0 Å². The first-order valence-electron chi connectivity index (χ1n) is 6.69. The summed E-state index contributed by atoms with van der Waals surface area (Å²) in [4.78, 5) is 14.3. The number of nitrogens with one attached hydrogen (secondary N) is 1. The first kappa shape index (κ1) is 16.4. The molecule has 0 amide bonds. The fraction of sp³-hybridized carbons (Fsp3) is 0.643. The highest BCUT2D eigenvalue weighted by molar-refractivity contribution is 5.40. The number of hydrogen-bond donors (Lipinski definition) is 1. The van der Waals surface area contributed by atoms with Crippen molar-refractivity contribution < 1.29 is 9.66 Å². The van der Waals surface area contributed by atoms with Crippen molar-refractivity contribution in [1.82, 2.24) is 10.3 Å². The van der Waals surface area contributed by atoms with Gasteiger partial charge in [0.15, 0.2) is 0 Å². The Morgan fingerprint density at radius 3 is 2.65 bits per heavy atom. The van der Waals surface area contributed by atoms with Crippen LogP contribution in [0.4, 0.5) is 5.82 Å². The maximum Gasteiger partial charge on any atom is 0.406 e. The molecule has 112 valence electrons. The van der Waals surface area contributed by atoms with Crippen molar-refractivity contribution in [2.24, 2.45) is 5.92 Å². The molecule has 0 spiro atoms. The van der Waals surface area contributed by atoms with Gasteiger partial charge < -0.3 is 20.2 Å². The highest BCUT2D eigenvalue weighted by Crippen LogP contribution is 2.24. The van der Waals surface area contributed by atoms with Gasteiger partial charge in [0.25, 0.3) is 0 Å². The monoisotopic (exact) mass is 281 g/mol. The first-order chi connectivity index (χ1) is 9.19. The number of pyridine rings is 1. The molecular formula is C14H23N3O3. The molecule has 0 aliphatic rings. The average Bonchev–Trinajstić information content (AvgIpc) is 2.33. The lowest BCUT2D eigenvalue weighted by molar-refractivity contribution is -0.390. The van der Waals surface area contributed by atoms with Gasteiger partial charge in [0.1, 0.15) is 5.69 Å². The maximum atomic E-state index is 10.9. The van der Waals surface area contributed by atoms with E-state index in [1.807, 2.05) is 6.92 Å². The third kappa shape index (κ3) is 5.52. The molecular weight excluding hydrogens is 258 g/mol. The summed E-state index contributed by atoms with van der Waals surface area (Å²) in [6.07, 6.45) is 0. The summed E-state index contributed by atoms with van der Waals surface area (Å²) in [5.41, 5.74) is 0.651. The van der Waals surface area contributed by atoms with Crippen molar-refractivity contribution in [1.29, 1.82) is 0 Å². The largest absolute Gasteiger partial charge is 0.485 e. The van der Waals surface area contributed by atoms with E-state index in [-0.39, 0.29) is 23.0 Å². The van der Waals surface area contributed by atoms with E-state index in [0.717, 1.165) is 6.54 Å². The molecule has 0 bridgehead atoms. The van der Waals surface area contributed by atoms with Gasteiger partial charge >= 0.3 is 5.82 Å². The lowest BCUT2D eigenvalue weighted by Crippen LogP contribution is -2.39. The molecule has 6 nitrogen and oxygen atoms in total. The summed E-state index contributed by atoms with van der Waals surface area (Å²) in [6, 6.07) is 3.31. The van der Waals surface area contributed by atoms with Gasteiger partial charge in [-0.1, -0.05) is 6.92 Å². The minimum absolute atomic E-state index is 0.0473. The Kier molecular flexibility index (Phi) is 5.44. The van der Waals surface area contributed by atoms with Crippen LogP contribution >= 0.6 is 0 Å². The van der Waals surface area contributed by atoms with Crippen LogP contribution in [0.3, 0.4) is 0 Å². The molecule has 20 heavy (non-hydrogen) atoms. The molecule has 1 aromatic rings. The molecule has 1 rings (SSSR count). The Bertz CT molecular complexity index is 469. The minimum atomic E-state index is -0.513. The number of hydrogen-bond acceptors (Lipinski definition) is 5. The van der Waals surface area contributed by atoms with Crippen LogP contribution in [-0.4, -0.2) is 28.6 Å². The number of rotatable bonds is 6. The lowest BCUT2D eigenvalue weighted by Gasteiger charge is -2.23. The smallest absolute Gasteiger partial charge is 0.406 e. The molecule has 0 aliphatic carbocycles. The Morgan fingerprint density at radius 2 is 2.10 bits per heavy atom. The topological polar surface area (TPSA) is 77.3 Å². The van der Waals surface area contributed by atoms with E-state index in [0.29, 0.717) is 12.3 Å². The number of aromatic nitrogens is 1. The van der Waals surface area contributed by atoms with Crippen molar-refractivity contribution >= 4 is 5.82 Å². The van der Waals surface area contributed by atoms with E-state index in [9.17, 15) is 10.1 Å². The van der Waals surface area contributed by atoms with Gasteiger partial charge in [0.05, 0.1) is 6.61 Å². The summed E-state index contributed by atoms with van der Waals surface area (Å²) in [7, 11) is 0. The van der Waals surface area contributed by atoms with Crippen LogP contribution in [0.15, 0.2) is 12.1 Å². The van der Waals surface area contributed by atoms with Gasteiger partial charge in [-0.3, -0.25) is 0 Å². The van der Waals surface area contributed by atoms with Gasteiger partial charge in [-0.05, 0) is 42.8 Å². The Balaban J connectivity index is 2.59. The zero-order chi connectivity index (χ0) is 15.3. The predicted molar refractivity (Wildman–Crippen MR) is 78.0 cm³/mol. The molecule has 1 aromatic heterocycles. The molecule has 1 heterocycles. The molecule has 0 aliphatic heterocycles. The molecule has 1 unspecified atom stereocenters. The van der Waals surface area contributed by atoms with Crippen molar-refractivity contribution in [2.45, 2.75) is 40.2 Å². The molecule has 1 N–H and O–H groups in total. The van der Waals surface area contributed by atoms with Crippen LogP contribution in [0.5, 0.6) is 5.75 Å². The van der Waals surface area contributed by atoms with Crippen LogP contribution in [0.2, 0.25) is 0 Å². The third-order valence-corrected chi connectivity index (χ3v) is 2.66. The Labute approximate surface area is 119 Å². The van der Waals surface area contributed by atoms with Crippen molar-refractivity contribution in [3.63, 3.8) is 0 Å². The van der Waals surface area contributed by atoms with E-state index in [1.54, 1.807) is 19.1 Å². The quantitative estimate of drug-likeness (QED) is 0.640. The summed E-state index contributed by atoms with van der Waals surface area (Å²) >= 11 is 0. The fourth-order valence-corrected chi connectivity index (χ4v) is 1.55. The van der Waals surface area contributed by atoms with E-state index >= 15 is 0 Å². The average molecular weight is 281 g/mol. The van der Waals surface area contributed by atoms with E-state index in [1.165, 1.54) is 0 Å². The van der Waals surface area contributed by atoms with E-state index < -0.39 is 4.92 Å². The Hall–Kier alpha value is -1.69. The zero-order valence-electron chi connectivity index (χ0n) is 12.8. The predicted octanol–water partition coefficient (Wildman–Crippen LogP) is 2.70. The summed E-state index contributed by atoms with van der Waals surface area (Å²) < 4.78 is 5.54.